The van der Waals surface area contributed by atoms with E-state index in [-0.39, 0.29) is 0 Å². The normalized spacial score (nSPS) is 13.4. The van der Waals surface area contributed by atoms with Gasteiger partial charge in [0.1, 0.15) is 24.8 Å². The van der Waals surface area contributed by atoms with Crippen LogP contribution in [0.3, 0.4) is 0 Å². The maximum Gasteiger partial charge on any atom is 0.139 e. The summed E-state index contributed by atoms with van der Waals surface area (Å²) < 4.78 is 13.3. The van der Waals surface area contributed by atoms with Crippen LogP contribution in [0.25, 0.3) is 11.1 Å². The maximum absolute atomic E-state index is 5.81. The molecule has 2 aromatic rings. The van der Waals surface area contributed by atoms with Gasteiger partial charge in [0.05, 0.1) is 0 Å². The minimum absolute atomic E-state index is 0.480. The second-order valence-electron chi connectivity index (χ2n) is 6.92. The van der Waals surface area contributed by atoms with Crippen LogP contribution in [-0.2, 0) is 18.1 Å². The summed E-state index contributed by atoms with van der Waals surface area (Å²) in [6.07, 6.45) is 2.03. The van der Waals surface area contributed by atoms with Crippen LogP contribution in [0.2, 0.25) is 25.7 Å². The molecule has 3 rings (SSSR count). The molecule has 1 aliphatic rings. The number of ether oxygens (including phenoxy) is 2. The first-order valence-corrected chi connectivity index (χ1v) is 11.3. The van der Waals surface area contributed by atoms with E-state index >= 15 is 0 Å². The zero-order chi connectivity index (χ0) is 15.7. The fraction of sp³-hybridized carbons (Fsp3) is 0.438. The van der Waals surface area contributed by atoms with E-state index in [0.29, 0.717) is 19.0 Å². The Balaban J connectivity index is 1.69. The van der Waals surface area contributed by atoms with Crippen molar-refractivity contribution in [3.63, 3.8) is 0 Å². The third kappa shape index (κ3) is 3.33. The molecule has 6 heteroatoms. The number of rotatable bonds is 5. The molecule has 2 N–H and O–H groups in total. The number of anilines is 1. The van der Waals surface area contributed by atoms with E-state index in [9.17, 15) is 0 Å². The van der Waals surface area contributed by atoms with E-state index in [1.807, 2.05) is 29.1 Å². The van der Waals surface area contributed by atoms with Crippen molar-refractivity contribution in [1.29, 1.82) is 0 Å². The molecule has 0 fully saturated rings. The van der Waals surface area contributed by atoms with E-state index in [1.54, 1.807) is 0 Å². The summed E-state index contributed by atoms with van der Waals surface area (Å²) in [4.78, 5) is 0. The van der Waals surface area contributed by atoms with Gasteiger partial charge < -0.3 is 15.2 Å². The lowest BCUT2D eigenvalue weighted by Crippen LogP contribution is -2.22. The van der Waals surface area contributed by atoms with Crippen molar-refractivity contribution in [2.24, 2.45) is 0 Å². The number of nitrogen functional groups attached to an aromatic ring is 1. The molecule has 0 saturated heterocycles. The highest BCUT2D eigenvalue weighted by Crippen LogP contribution is 2.37. The number of aromatic nitrogens is 2. The molecular formula is C16H23N3O2Si. The standard InChI is InChI=1S/C16H23N3O2Si/c1-22(2,3)7-6-20-11-19-9-14-13-5-4-12(17)8-16(13)21-10-15(14)18-19/h4-5,8-9H,6-7,10-11,17H2,1-3H3. The van der Waals surface area contributed by atoms with Gasteiger partial charge in [-0.1, -0.05) is 19.6 Å². The van der Waals surface area contributed by atoms with Crippen LogP contribution < -0.4 is 10.5 Å². The zero-order valence-corrected chi connectivity index (χ0v) is 14.4. The average Bonchev–Trinajstić information content (AvgIpc) is 2.85. The molecule has 118 valence electrons. The first-order valence-electron chi connectivity index (χ1n) is 7.59. The van der Waals surface area contributed by atoms with Crippen LogP contribution in [0, 0.1) is 0 Å². The largest absolute Gasteiger partial charge is 0.486 e. The van der Waals surface area contributed by atoms with Gasteiger partial charge in [-0.25, -0.2) is 4.68 Å². The zero-order valence-electron chi connectivity index (χ0n) is 13.4. The molecule has 1 aromatic heterocycles. The molecule has 0 unspecified atom stereocenters. The number of fused-ring (bicyclic) bond motifs is 3. The number of hydrogen-bond donors (Lipinski definition) is 1. The lowest BCUT2D eigenvalue weighted by Gasteiger charge is -2.16. The van der Waals surface area contributed by atoms with Gasteiger partial charge in [-0.3, -0.25) is 0 Å². The maximum atomic E-state index is 5.81. The summed E-state index contributed by atoms with van der Waals surface area (Å²) in [5.41, 5.74) is 9.62. The minimum atomic E-state index is -1.04. The number of benzene rings is 1. The molecule has 22 heavy (non-hydrogen) atoms. The molecule has 0 atom stereocenters. The third-order valence-corrected chi connectivity index (χ3v) is 5.42. The summed E-state index contributed by atoms with van der Waals surface area (Å²) in [6.45, 7) is 8.81. The van der Waals surface area contributed by atoms with Gasteiger partial charge in [0.2, 0.25) is 0 Å². The fourth-order valence-corrected chi connectivity index (χ4v) is 3.18. The summed E-state index contributed by atoms with van der Waals surface area (Å²) in [6, 6.07) is 6.90. The second kappa shape index (κ2) is 5.77. The van der Waals surface area contributed by atoms with E-state index < -0.39 is 8.07 Å². The van der Waals surface area contributed by atoms with Gasteiger partial charge in [-0.2, -0.15) is 5.10 Å². The molecule has 0 aliphatic carbocycles. The van der Waals surface area contributed by atoms with Crippen LogP contribution in [-0.4, -0.2) is 24.5 Å². The topological polar surface area (TPSA) is 62.3 Å². The first-order chi connectivity index (χ1) is 10.4. The predicted octanol–water partition coefficient (Wildman–Crippen LogP) is 3.34. The van der Waals surface area contributed by atoms with Gasteiger partial charge in [-0.15, -0.1) is 0 Å². The monoisotopic (exact) mass is 317 g/mol. The highest BCUT2D eigenvalue weighted by molar-refractivity contribution is 6.76. The fourth-order valence-electron chi connectivity index (χ4n) is 2.42. The number of nitrogens with two attached hydrogens (primary N) is 1. The molecule has 1 aliphatic heterocycles. The number of nitrogens with zero attached hydrogens (tertiary/aromatic N) is 2. The molecule has 0 bridgehead atoms. The van der Waals surface area contributed by atoms with Gasteiger partial charge in [0.25, 0.3) is 0 Å². The van der Waals surface area contributed by atoms with Crippen LogP contribution in [0.15, 0.2) is 24.4 Å². The average molecular weight is 317 g/mol. The van der Waals surface area contributed by atoms with E-state index in [0.717, 1.165) is 29.2 Å². The Morgan fingerprint density at radius 2 is 2.14 bits per heavy atom. The second-order valence-corrected chi connectivity index (χ2v) is 12.5. The lowest BCUT2D eigenvalue weighted by molar-refractivity contribution is 0.0780. The van der Waals surface area contributed by atoms with Gasteiger partial charge in [-0.05, 0) is 18.2 Å². The van der Waals surface area contributed by atoms with Crippen LogP contribution in [0.4, 0.5) is 5.69 Å². The molecule has 2 heterocycles. The van der Waals surface area contributed by atoms with Crippen molar-refractivity contribution in [3.8, 4) is 16.9 Å². The Bertz CT molecular complexity index is 677. The molecule has 0 saturated carbocycles. The van der Waals surface area contributed by atoms with Crippen LogP contribution >= 0.6 is 0 Å². The Labute approximate surface area is 132 Å². The molecule has 0 spiro atoms. The van der Waals surface area contributed by atoms with E-state index in [1.165, 1.54) is 6.04 Å². The summed E-state index contributed by atoms with van der Waals surface area (Å²) >= 11 is 0. The Morgan fingerprint density at radius 1 is 1.32 bits per heavy atom. The highest BCUT2D eigenvalue weighted by Gasteiger charge is 2.21. The predicted molar refractivity (Wildman–Crippen MR) is 90.5 cm³/mol. The van der Waals surface area contributed by atoms with Crippen molar-refractivity contribution in [3.05, 3.63) is 30.1 Å². The van der Waals surface area contributed by atoms with E-state index in [4.69, 9.17) is 15.2 Å². The first kappa shape index (κ1) is 15.1. The van der Waals surface area contributed by atoms with Gasteiger partial charge in [0, 0.05) is 43.8 Å². The highest BCUT2D eigenvalue weighted by atomic mass is 28.3. The molecule has 1 aromatic carbocycles. The van der Waals surface area contributed by atoms with Crippen molar-refractivity contribution < 1.29 is 9.47 Å². The summed E-state index contributed by atoms with van der Waals surface area (Å²) in [5, 5.41) is 4.55. The Hall–Kier alpha value is -1.79. The van der Waals surface area contributed by atoms with Crippen molar-refractivity contribution >= 4 is 13.8 Å². The Kier molecular flexibility index (Phi) is 3.97. The van der Waals surface area contributed by atoms with Crippen LogP contribution in [0.1, 0.15) is 5.69 Å². The quantitative estimate of drug-likeness (QED) is 0.522. The molecule has 5 nitrogen and oxygen atoms in total. The van der Waals surface area contributed by atoms with Crippen molar-refractivity contribution in [2.75, 3.05) is 12.3 Å². The third-order valence-electron chi connectivity index (χ3n) is 3.72. The van der Waals surface area contributed by atoms with Crippen molar-refractivity contribution in [2.45, 2.75) is 39.0 Å². The molecular weight excluding hydrogens is 294 g/mol. The smallest absolute Gasteiger partial charge is 0.139 e. The van der Waals surface area contributed by atoms with E-state index in [2.05, 4.69) is 24.7 Å². The Morgan fingerprint density at radius 3 is 2.91 bits per heavy atom. The van der Waals surface area contributed by atoms with Crippen LogP contribution in [0.5, 0.6) is 5.75 Å². The minimum Gasteiger partial charge on any atom is -0.486 e. The summed E-state index contributed by atoms with van der Waals surface area (Å²) in [5.74, 6) is 0.826. The summed E-state index contributed by atoms with van der Waals surface area (Å²) in [7, 11) is -1.04. The number of hydrogen-bond acceptors (Lipinski definition) is 4. The van der Waals surface area contributed by atoms with Crippen molar-refractivity contribution in [1.82, 2.24) is 9.78 Å². The van der Waals surface area contributed by atoms with Gasteiger partial charge in [0.15, 0.2) is 0 Å². The molecule has 0 radical (unpaired) electrons. The SMILES string of the molecule is C[Si](C)(C)CCOCn1cc2c(n1)COc1cc(N)ccc1-2. The lowest BCUT2D eigenvalue weighted by atomic mass is 10.0. The molecule has 0 amide bonds. The van der Waals surface area contributed by atoms with Gasteiger partial charge >= 0.3 is 0 Å².